The minimum absolute atomic E-state index is 0. The number of hydrogen-bond donors (Lipinski definition) is 2. The SMILES string of the molecule is CC(C)(C)OC(=O)N=COCNCCC[C@H](N)C(=O)OC(C)(C)C.Cl.N#N. The Morgan fingerprint density at radius 1 is 1.11 bits per heavy atom. The lowest BCUT2D eigenvalue weighted by atomic mass is 10.1. The Labute approximate surface area is 167 Å². The zero-order valence-electron chi connectivity index (χ0n) is 16.9. The highest BCUT2D eigenvalue weighted by atomic mass is 35.5. The summed E-state index contributed by atoms with van der Waals surface area (Å²) < 4.78 is 15.2. The molecule has 0 spiro atoms. The van der Waals surface area contributed by atoms with Crippen LogP contribution in [0.3, 0.4) is 0 Å². The van der Waals surface area contributed by atoms with Crippen molar-refractivity contribution < 1.29 is 23.8 Å². The molecule has 0 aromatic rings. The number of nitrogens with zero attached hydrogens (tertiary/aromatic N) is 3. The van der Waals surface area contributed by atoms with Crippen LogP contribution >= 0.6 is 12.4 Å². The van der Waals surface area contributed by atoms with Gasteiger partial charge in [-0.25, -0.2) is 4.79 Å². The van der Waals surface area contributed by atoms with Crippen LogP contribution in [0.15, 0.2) is 4.99 Å². The predicted molar refractivity (Wildman–Crippen MR) is 102 cm³/mol. The number of aliphatic imine (C=N–C) groups is 1. The van der Waals surface area contributed by atoms with E-state index in [2.05, 4.69) is 10.3 Å². The van der Waals surface area contributed by atoms with Gasteiger partial charge in [0.25, 0.3) is 0 Å². The molecule has 0 unspecified atom stereocenters. The van der Waals surface area contributed by atoms with E-state index < -0.39 is 29.3 Å². The number of rotatable bonds is 8. The number of carbonyl (C=O) groups excluding carboxylic acids is 2. The summed E-state index contributed by atoms with van der Waals surface area (Å²) in [5.41, 5.74) is 4.65. The van der Waals surface area contributed by atoms with Crippen LogP contribution in [-0.4, -0.2) is 49.0 Å². The maximum atomic E-state index is 11.7. The number of hydrogen-bond acceptors (Lipinski definition) is 9. The monoisotopic (exact) mass is 409 g/mol. The molecule has 1 amide bonds. The lowest BCUT2D eigenvalue weighted by Crippen LogP contribution is -2.37. The number of carbonyl (C=O) groups is 2. The Bertz CT molecular complexity index is 472. The average Bonchev–Trinajstić information content (AvgIpc) is 2.48. The van der Waals surface area contributed by atoms with E-state index in [-0.39, 0.29) is 19.1 Å². The van der Waals surface area contributed by atoms with Crippen LogP contribution < -0.4 is 11.1 Å². The number of nitrogens with two attached hydrogens (primary N) is 1. The number of esters is 1. The van der Waals surface area contributed by atoms with Gasteiger partial charge < -0.3 is 19.9 Å². The van der Waals surface area contributed by atoms with Crippen LogP contribution in [0.2, 0.25) is 0 Å². The van der Waals surface area contributed by atoms with E-state index in [0.29, 0.717) is 19.4 Å². The van der Waals surface area contributed by atoms with E-state index in [1.54, 1.807) is 41.5 Å². The maximum absolute atomic E-state index is 11.7. The van der Waals surface area contributed by atoms with Crippen LogP contribution in [0.25, 0.3) is 0 Å². The third-order valence-electron chi connectivity index (χ3n) is 2.39. The number of ether oxygens (including phenoxy) is 3. The Hall–Kier alpha value is -1.96. The van der Waals surface area contributed by atoms with Crippen molar-refractivity contribution in [1.82, 2.24) is 5.32 Å². The van der Waals surface area contributed by atoms with Gasteiger partial charge in [-0.2, -0.15) is 0 Å². The fourth-order valence-corrected chi connectivity index (χ4v) is 1.48. The molecule has 27 heavy (non-hydrogen) atoms. The second-order valence-corrected chi connectivity index (χ2v) is 7.31. The highest BCUT2D eigenvalue weighted by molar-refractivity contribution is 5.85. The van der Waals surface area contributed by atoms with Crippen LogP contribution in [0.1, 0.15) is 54.4 Å². The summed E-state index contributed by atoms with van der Waals surface area (Å²) in [6, 6.07) is -0.638. The summed E-state index contributed by atoms with van der Waals surface area (Å²) in [5, 5.41) is 15.0. The van der Waals surface area contributed by atoms with Gasteiger partial charge in [0.15, 0.2) is 6.40 Å². The summed E-state index contributed by atoms with van der Waals surface area (Å²) >= 11 is 0. The number of nitrogens with one attached hydrogen (secondary N) is 1. The first kappa shape index (κ1) is 29.8. The molecule has 0 aromatic heterocycles. The van der Waals surface area contributed by atoms with E-state index in [4.69, 9.17) is 30.7 Å². The van der Waals surface area contributed by atoms with Crippen molar-refractivity contribution in [1.29, 1.82) is 10.8 Å². The van der Waals surface area contributed by atoms with Crippen LogP contribution in [0.5, 0.6) is 0 Å². The van der Waals surface area contributed by atoms with Gasteiger partial charge in [0, 0.05) is 10.8 Å². The van der Waals surface area contributed by atoms with E-state index in [1.807, 2.05) is 0 Å². The van der Waals surface area contributed by atoms with Gasteiger partial charge in [0.05, 0.1) is 0 Å². The molecule has 1 atom stereocenters. The van der Waals surface area contributed by atoms with Gasteiger partial charge in [0.1, 0.15) is 24.0 Å². The van der Waals surface area contributed by atoms with Gasteiger partial charge in [-0.15, -0.1) is 17.4 Å². The first-order chi connectivity index (χ1) is 11.9. The van der Waals surface area contributed by atoms with E-state index >= 15 is 0 Å². The summed E-state index contributed by atoms with van der Waals surface area (Å²) in [5.74, 6) is -0.400. The topological polar surface area (TPSA) is 160 Å². The maximum Gasteiger partial charge on any atom is 0.436 e. The molecule has 158 valence electrons. The Morgan fingerprint density at radius 2 is 1.63 bits per heavy atom. The zero-order valence-corrected chi connectivity index (χ0v) is 17.7. The van der Waals surface area contributed by atoms with Crippen LogP contribution in [0.4, 0.5) is 4.79 Å². The third-order valence-corrected chi connectivity index (χ3v) is 2.39. The molecule has 0 aliphatic carbocycles. The molecule has 0 rings (SSSR count). The first-order valence-electron chi connectivity index (χ1n) is 8.17. The van der Waals surface area contributed by atoms with Crippen molar-refractivity contribution in [3.8, 4) is 0 Å². The molecule has 0 heterocycles. The van der Waals surface area contributed by atoms with Gasteiger partial charge in [-0.1, -0.05) is 0 Å². The lowest BCUT2D eigenvalue weighted by molar-refractivity contribution is -0.156. The summed E-state index contributed by atoms with van der Waals surface area (Å²) in [4.78, 5) is 26.4. The van der Waals surface area contributed by atoms with Crippen LogP contribution in [0, 0.1) is 10.8 Å². The summed E-state index contributed by atoms with van der Waals surface area (Å²) in [6.07, 6.45) is 1.53. The fourth-order valence-electron chi connectivity index (χ4n) is 1.48. The second-order valence-electron chi connectivity index (χ2n) is 7.31. The molecule has 11 heteroatoms. The molecular formula is C16H32ClN5O5. The largest absolute Gasteiger partial charge is 0.468 e. The van der Waals surface area contributed by atoms with Gasteiger partial charge in [-0.05, 0) is 60.9 Å². The first-order valence-corrected chi connectivity index (χ1v) is 8.17. The number of amides is 1. The van der Waals surface area contributed by atoms with Gasteiger partial charge in [-0.3, -0.25) is 10.1 Å². The molecule has 0 saturated carbocycles. The molecule has 0 fully saturated rings. The Balaban J connectivity index is -0.00000185. The summed E-state index contributed by atoms with van der Waals surface area (Å²) in [7, 11) is 0. The summed E-state index contributed by atoms with van der Waals surface area (Å²) in [6.45, 7) is 11.5. The van der Waals surface area contributed by atoms with Crippen molar-refractivity contribution >= 4 is 30.9 Å². The molecule has 0 radical (unpaired) electrons. The molecule has 0 aliphatic heterocycles. The van der Waals surface area contributed by atoms with E-state index in [9.17, 15) is 9.59 Å². The van der Waals surface area contributed by atoms with E-state index in [0.717, 1.165) is 6.40 Å². The van der Waals surface area contributed by atoms with Gasteiger partial charge in [0.2, 0.25) is 0 Å². The Morgan fingerprint density at radius 3 is 2.11 bits per heavy atom. The lowest BCUT2D eigenvalue weighted by Gasteiger charge is -2.22. The highest BCUT2D eigenvalue weighted by Crippen LogP contribution is 2.09. The van der Waals surface area contributed by atoms with E-state index in [1.165, 1.54) is 0 Å². The third kappa shape index (κ3) is 22.0. The molecular weight excluding hydrogens is 378 g/mol. The minimum Gasteiger partial charge on any atom is -0.468 e. The molecule has 0 bridgehead atoms. The van der Waals surface area contributed by atoms with Crippen molar-refractivity contribution in [3.63, 3.8) is 0 Å². The second kappa shape index (κ2) is 15.1. The number of halogens is 1. The zero-order chi connectivity index (χ0) is 20.8. The molecule has 0 aromatic carbocycles. The molecule has 10 nitrogen and oxygen atoms in total. The molecule has 0 aliphatic rings. The standard InChI is InChI=1S/C16H31N3O5.ClH.N2/c1-15(2,3)23-13(20)12(17)8-7-9-18-10-22-11-19-14(21)24-16(4,5)6;;1-2/h11-12,18H,7-10,17H2,1-6H3;1H;/t12-;;/m0../s1. The molecule has 3 N–H and O–H groups in total. The van der Waals surface area contributed by atoms with Crippen LogP contribution in [-0.2, 0) is 19.0 Å². The van der Waals surface area contributed by atoms with Crippen molar-refractivity contribution in [2.45, 2.75) is 71.6 Å². The smallest absolute Gasteiger partial charge is 0.436 e. The highest BCUT2D eigenvalue weighted by Gasteiger charge is 2.21. The quantitative estimate of drug-likeness (QED) is 0.153. The average molecular weight is 410 g/mol. The predicted octanol–water partition coefficient (Wildman–Crippen LogP) is 2.41. The van der Waals surface area contributed by atoms with Gasteiger partial charge >= 0.3 is 12.1 Å². The molecule has 0 saturated heterocycles. The van der Waals surface area contributed by atoms with Crippen molar-refractivity contribution in [2.75, 3.05) is 13.3 Å². The van der Waals surface area contributed by atoms with Crippen molar-refractivity contribution in [3.05, 3.63) is 0 Å². The normalized spacial score (nSPS) is 12.2. The minimum atomic E-state index is -0.703. The fraction of sp³-hybridized carbons (Fsp3) is 0.812. The Kier molecular flexibility index (Phi) is 16.7. The van der Waals surface area contributed by atoms with Crippen molar-refractivity contribution in [2.24, 2.45) is 10.7 Å².